The summed E-state index contributed by atoms with van der Waals surface area (Å²) < 4.78 is 27.6. The lowest BCUT2D eigenvalue weighted by atomic mass is 10.1. The topological polar surface area (TPSA) is 109 Å². The maximum Gasteiger partial charge on any atom is 0.239 e. The highest BCUT2D eigenvalue weighted by atomic mass is 32.2. The summed E-state index contributed by atoms with van der Waals surface area (Å²) in [7, 11) is -1.13. The Morgan fingerprint density at radius 3 is 2.68 bits per heavy atom. The molecule has 3 aromatic rings. The normalized spacial score (nSPS) is 19.4. The molecule has 1 aliphatic rings. The third kappa shape index (κ3) is 3.74. The lowest BCUT2D eigenvalue weighted by Gasteiger charge is -2.35. The van der Waals surface area contributed by atoms with Gasteiger partial charge in [-0.1, -0.05) is 12.1 Å². The van der Waals surface area contributed by atoms with Gasteiger partial charge in [0, 0.05) is 25.9 Å². The van der Waals surface area contributed by atoms with Crippen molar-refractivity contribution in [3.8, 4) is 5.95 Å². The standard InChI is InChI=1S/C21H29N7O2S/c1-14-13-30-11-10-27(14)18-12-17(21(2,3)31(5,22)29)25-20(26-18)28-16-9-7-6-8-15(16)24-19(28)23-4/h6-9,12,14,22H,10-11,13H2,1-5H3,(H,23,24)/t14-,31-/m1/s1. The van der Waals surface area contributed by atoms with Gasteiger partial charge in [-0.2, -0.15) is 4.98 Å². The summed E-state index contributed by atoms with van der Waals surface area (Å²) in [6.45, 7) is 7.60. The fourth-order valence-electron chi connectivity index (χ4n) is 3.64. The number of rotatable bonds is 5. The van der Waals surface area contributed by atoms with Crippen molar-refractivity contribution in [1.82, 2.24) is 19.5 Å². The van der Waals surface area contributed by atoms with Crippen LogP contribution >= 0.6 is 0 Å². The molecule has 3 heterocycles. The summed E-state index contributed by atoms with van der Waals surface area (Å²) in [5.41, 5.74) is 2.25. The van der Waals surface area contributed by atoms with Crippen LogP contribution in [0.5, 0.6) is 0 Å². The average molecular weight is 444 g/mol. The van der Waals surface area contributed by atoms with Crippen molar-refractivity contribution in [1.29, 1.82) is 4.78 Å². The molecule has 166 valence electrons. The number of nitrogens with one attached hydrogen (secondary N) is 2. The van der Waals surface area contributed by atoms with Gasteiger partial charge in [0.25, 0.3) is 0 Å². The van der Waals surface area contributed by atoms with Crippen LogP contribution < -0.4 is 10.2 Å². The zero-order valence-corrected chi connectivity index (χ0v) is 19.4. The number of aromatic nitrogens is 4. The Hall–Kier alpha value is -2.72. The van der Waals surface area contributed by atoms with Crippen molar-refractivity contribution >= 4 is 32.5 Å². The predicted octanol–water partition coefficient (Wildman–Crippen LogP) is 2.99. The van der Waals surface area contributed by atoms with Crippen molar-refractivity contribution in [3.05, 3.63) is 36.0 Å². The summed E-state index contributed by atoms with van der Waals surface area (Å²) in [4.78, 5) is 16.5. The number of fused-ring (bicyclic) bond motifs is 1. The number of hydrogen-bond donors (Lipinski definition) is 2. The van der Waals surface area contributed by atoms with Gasteiger partial charge in [-0.15, -0.1) is 0 Å². The van der Waals surface area contributed by atoms with Crippen molar-refractivity contribution in [2.45, 2.75) is 31.6 Å². The number of morpholine rings is 1. The molecule has 0 saturated carbocycles. The van der Waals surface area contributed by atoms with Crippen LogP contribution in [0, 0.1) is 4.78 Å². The van der Waals surface area contributed by atoms with E-state index in [2.05, 4.69) is 22.1 Å². The molecular formula is C21H29N7O2S. The van der Waals surface area contributed by atoms with E-state index in [1.54, 1.807) is 20.9 Å². The molecule has 0 bridgehead atoms. The fourth-order valence-corrected chi connectivity index (χ4v) is 4.14. The van der Waals surface area contributed by atoms with E-state index in [0.29, 0.717) is 37.3 Å². The average Bonchev–Trinajstić information content (AvgIpc) is 3.11. The SMILES string of the molecule is CNc1nc2ccccc2n1-c1nc(N2CCOC[C@H]2C)cc(C(C)(C)[S@](C)(=N)=O)n1. The van der Waals surface area contributed by atoms with Gasteiger partial charge in [0.2, 0.25) is 11.9 Å². The van der Waals surface area contributed by atoms with E-state index in [1.165, 1.54) is 6.26 Å². The molecule has 0 aliphatic carbocycles. The predicted molar refractivity (Wildman–Crippen MR) is 124 cm³/mol. The summed E-state index contributed by atoms with van der Waals surface area (Å²) in [6, 6.07) is 9.79. The smallest absolute Gasteiger partial charge is 0.239 e. The number of nitrogens with zero attached hydrogens (tertiary/aromatic N) is 5. The van der Waals surface area contributed by atoms with E-state index in [9.17, 15) is 4.21 Å². The Kier molecular flexibility index (Phi) is 5.38. The molecule has 2 N–H and O–H groups in total. The second-order valence-corrected chi connectivity index (χ2v) is 11.1. The number of ether oxygens (including phenoxy) is 1. The number of imidazole rings is 1. The third-order valence-corrected chi connectivity index (χ3v) is 8.09. The molecule has 1 aliphatic heterocycles. The van der Waals surface area contributed by atoms with E-state index in [-0.39, 0.29) is 6.04 Å². The largest absolute Gasteiger partial charge is 0.377 e. The van der Waals surface area contributed by atoms with E-state index in [4.69, 9.17) is 19.5 Å². The molecule has 0 amide bonds. The van der Waals surface area contributed by atoms with Crippen LogP contribution in [0.2, 0.25) is 0 Å². The van der Waals surface area contributed by atoms with Crippen molar-refractivity contribution in [2.75, 3.05) is 43.3 Å². The second-order valence-electron chi connectivity index (χ2n) is 8.39. The molecule has 31 heavy (non-hydrogen) atoms. The van der Waals surface area contributed by atoms with Gasteiger partial charge >= 0.3 is 0 Å². The molecule has 2 aromatic heterocycles. The Balaban J connectivity index is 1.99. The van der Waals surface area contributed by atoms with Crippen LogP contribution in [-0.4, -0.2) is 62.8 Å². The van der Waals surface area contributed by atoms with Crippen LogP contribution in [0.3, 0.4) is 0 Å². The van der Waals surface area contributed by atoms with Gasteiger partial charge in [-0.25, -0.2) is 18.7 Å². The van der Waals surface area contributed by atoms with E-state index in [0.717, 1.165) is 16.9 Å². The molecule has 1 aromatic carbocycles. The van der Waals surface area contributed by atoms with Crippen LogP contribution in [0.25, 0.3) is 17.0 Å². The Labute approximate surface area is 182 Å². The van der Waals surface area contributed by atoms with Crippen molar-refractivity contribution < 1.29 is 8.95 Å². The van der Waals surface area contributed by atoms with Crippen molar-refractivity contribution in [2.24, 2.45) is 0 Å². The van der Waals surface area contributed by atoms with Gasteiger partial charge in [-0.05, 0) is 32.9 Å². The molecule has 0 radical (unpaired) electrons. The van der Waals surface area contributed by atoms with Gasteiger partial charge in [0.05, 0.1) is 50.5 Å². The van der Waals surface area contributed by atoms with E-state index >= 15 is 0 Å². The van der Waals surface area contributed by atoms with Gasteiger partial charge < -0.3 is 15.0 Å². The molecule has 2 atom stereocenters. The summed E-state index contributed by atoms with van der Waals surface area (Å²) in [5.74, 6) is 1.77. The van der Waals surface area contributed by atoms with Gasteiger partial charge in [0.15, 0.2) is 0 Å². The lowest BCUT2D eigenvalue weighted by molar-refractivity contribution is 0.0985. The molecule has 1 saturated heterocycles. The second kappa shape index (κ2) is 7.76. The minimum atomic E-state index is -2.93. The number of para-hydroxylation sites is 2. The summed E-state index contributed by atoms with van der Waals surface area (Å²) in [6.07, 6.45) is 1.46. The summed E-state index contributed by atoms with van der Waals surface area (Å²) in [5, 5.41) is 3.12. The number of benzene rings is 1. The molecule has 1 fully saturated rings. The minimum Gasteiger partial charge on any atom is -0.377 e. The fraction of sp³-hybridized carbons (Fsp3) is 0.476. The maximum atomic E-state index is 12.8. The van der Waals surface area contributed by atoms with Crippen LogP contribution in [-0.2, 0) is 19.2 Å². The number of anilines is 2. The first-order chi connectivity index (χ1) is 14.6. The molecule has 0 spiro atoms. The Morgan fingerprint density at radius 2 is 2.00 bits per heavy atom. The molecule has 10 heteroatoms. The van der Waals surface area contributed by atoms with Crippen LogP contribution in [0.15, 0.2) is 30.3 Å². The Morgan fingerprint density at radius 1 is 1.26 bits per heavy atom. The third-order valence-electron chi connectivity index (χ3n) is 5.94. The Bertz CT molecular complexity index is 1220. The first kappa shape index (κ1) is 21.5. The highest BCUT2D eigenvalue weighted by molar-refractivity contribution is 7.92. The van der Waals surface area contributed by atoms with Crippen LogP contribution in [0.4, 0.5) is 11.8 Å². The molecule has 9 nitrogen and oxygen atoms in total. The maximum absolute atomic E-state index is 12.8. The highest BCUT2D eigenvalue weighted by Gasteiger charge is 2.34. The van der Waals surface area contributed by atoms with Crippen molar-refractivity contribution in [3.63, 3.8) is 0 Å². The lowest BCUT2D eigenvalue weighted by Crippen LogP contribution is -2.44. The van der Waals surface area contributed by atoms with Crippen LogP contribution in [0.1, 0.15) is 26.5 Å². The monoisotopic (exact) mass is 443 g/mol. The minimum absolute atomic E-state index is 0.137. The van der Waals surface area contributed by atoms with E-state index in [1.807, 2.05) is 34.9 Å². The van der Waals surface area contributed by atoms with Gasteiger partial charge in [-0.3, -0.25) is 4.78 Å². The first-order valence-electron chi connectivity index (χ1n) is 10.3. The number of hydrogen-bond acceptors (Lipinski definition) is 8. The molecule has 4 rings (SSSR count). The summed E-state index contributed by atoms with van der Waals surface area (Å²) >= 11 is 0. The van der Waals surface area contributed by atoms with Gasteiger partial charge in [0.1, 0.15) is 5.82 Å². The molecule has 0 unspecified atom stereocenters. The van der Waals surface area contributed by atoms with E-state index < -0.39 is 14.5 Å². The molecular weight excluding hydrogens is 414 g/mol. The quantitative estimate of drug-likeness (QED) is 0.624. The first-order valence-corrected chi connectivity index (χ1v) is 12.2. The zero-order valence-electron chi connectivity index (χ0n) is 18.5. The highest BCUT2D eigenvalue weighted by Crippen LogP contribution is 2.33. The zero-order chi connectivity index (χ0) is 22.4.